The molecule has 3 heterocycles. The minimum Gasteiger partial charge on any atom is -0.309 e. The van der Waals surface area contributed by atoms with Gasteiger partial charge in [-0.15, -0.1) is 0 Å². The van der Waals surface area contributed by atoms with E-state index in [1.54, 1.807) is 0 Å². The van der Waals surface area contributed by atoms with Crippen LogP contribution in [0.3, 0.4) is 0 Å². The molecular formula is C53H36N5+. The number of nitrogens with two attached hydrogens (primary N) is 1. The monoisotopic (exact) mass is 742 g/mol. The lowest BCUT2D eigenvalue weighted by Crippen LogP contribution is -2.90. The van der Waals surface area contributed by atoms with Crippen LogP contribution >= 0.6 is 0 Å². The average molecular weight is 743 g/mol. The second-order valence-electron chi connectivity index (χ2n) is 15.2. The molecular weight excluding hydrogens is 707 g/mol. The second kappa shape index (κ2) is 13.0. The lowest BCUT2D eigenvalue weighted by molar-refractivity contribution is -0.586. The van der Waals surface area contributed by atoms with Crippen molar-refractivity contribution in [2.45, 2.75) is 6.17 Å². The van der Waals surface area contributed by atoms with Gasteiger partial charge < -0.3 is 9.13 Å². The van der Waals surface area contributed by atoms with Crippen LogP contribution in [0, 0.1) is 0 Å². The van der Waals surface area contributed by atoms with Crippen molar-refractivity contribution >= 4 is 76.8 Å². The standard InChI is InChI=1S/C53H35N5/c1-3-14-34(15-4-1)51-54-52(35-16-5-2-6-17-35)56-53(55-51)44-23-13-20-38-30-39(26-28-41(38)44)58-49-29-27-40(33-46(49)45-31-36-18-7-8-19-37(36)32-50(45)58)57-47-24-11-9-21-42(47)43-22-10-12-25-48(43)57/h1-33,51H,(H,54,55,56)/p+1. The number of amidine groups is 2. The Kier molecular flexibility index (Phi) is 7.30. The second-order valence-corrected chi connectivity index (χ2v) is 15.2. The van der Waals surface area contributed by atoms with Gasteiger partial charge in [0.05, 0.1) is 27.6 Å². The fourth-order valence-electron chi connectivity index (χ4n) is 9.14. The molecule has 0 saturated carbocycles. The lowest BCUT2D eigenvalue weighted by Gasteiger charge is -2.20. The number of aromatic nitrogens is 2. The van der Waals surface area contributed by atoms with Crippen molar-refractivity contribution in [3.05, 3.63) is 217 Å². The first-order valence-corrected chi connectivity index (χ1v) is 19.9. The van der Waals surface area contributed by atoms with Gasteiger partial charge in [-0.2, -0.15) is 4.99 Å². The smallest absolute Gasteiger partial charge is 0.236 e. The van der Waals surface area contributed by atoms with Gasteiger partial charge in [0.15, 0.2) is 5.84 Å². The maximum absolute atomic E-state index is 5.20. The van der Waals surface area contributed by atoms with E-state index >= 15 is 0 Å². The Morgan fingerprint density at radius 3 is 1.76 bits per heavy atom. The summed E-state index contributed by atoms with van der Waals surface area (Å²) in [6.07, 6.45) is -0.140. The molecule has 1 aliphatic heterocycles. The van der Waals surface area contributed by atoms with Crippen LogP contribution < -0.4 is 5.32 Å². The Balaban J connectivity index is 1.04. The summed E-state index contributed by atoms with van der Waals surface area (Å²) < 4.78 is 4.85. The Labute approximate surface area is 334 Å². The van der Waals surface area contributed by atoms with Crippen molar-refractivity contribution in [1.29, 1.82) is 0 Å². The normalized spacial score (nSPS) is 14.5. The van der Waals surface area contributed by atoms with E-state index in [4.69, 9.17) is 9.98 Å². The zero-order chi connectivity index (χ0) is 38.2. The van der Waals surface area contributed by atoms with Gasteiger partial charge in [0.2, 0.25) is 12.0 Å². The van der Waals surface area contributed by atoms with Crippen molar-refractivity contribution in [2.75, 3.05) is 0 Å². The molecule has 5 nitrogen and oxygen atoms in total. The molecule has 0 amide bonds. The van der Waals surface area contributed by atoms with Gasteiger partial charge in [-0.3, -0.25) is 5.32 Å². The van der Waals surface area contributed by atoms with Crippen LogP contribution in [0.2, 0.25) is 0 Å². The number of aliphatic imine (C=N–C) groups is 2. The highest BCUT2D eigenvalue weighted by Crippen LogP contribution is 2.39. The Bertz CT molecular complexity index is 3430. The molecule has 0 saturated heterocycles. The Morgan fingerprint density at radius 2 is 0.983 bits per heavy atom. The molecule has 12 rings (SSSR count). The molecule has 2 N–H and O–H groups in total. The van der Waals surface area contributed by atoms with Gasteiger partial charge in [0.1, 0.15) is 0 Å². The van der Waals surface area contributed by atoms with E-state index in [0.717, 1.165) is 50.5 Å². The molecule has 11 aromatic rings. The van der Waals surface area contributed by atoms with E-state index in [-0.39, 0.29) is 6.17 Å². The molecule has 0 fully saturated rings. The molecule has 0 bridgehead atoms. The largest absolute Gasteiger partial charge is 0.309 e. The van der Waals surface area contributed by atoms with Crippen molar-refractivity contribution < 1.29 is 5.32 Å². The predicted octanol–water partition coefficient (Wildman–Crippen LogP) is 11.7. The first-order chi connectivity index (χ1) is 28.7. The highest BCUT2D eigenvalue weighted by molar-refractivity contribution is 6.16. The molecule has 1 unspecified atom stereocenters. The molecule has 58 heavy (non-hydrogen) atoms. The summed E-state index contributed by atoms with van der Waals surface area (Å²) in [5.41, 5.74) is 10.3. The maximum Gasteiger partial charge on any atom is 0.236 e. The highest BCUT2D eigenvalue weighted by Gasteiger charge is 2.27. The van der Waals surface area contributed by atoms with Gasteiger partial charge in [-0.1, -0.05) is 140 Å². The van der Waals surface area contributed by atoms with Crippen molar-refractivity contribution in [3.8, 4) is 11.4 Å². The molecule has 0 aliphatic carbocycles. The third kappa shape index (κ3) is 5.14. The van der Waals surface area contributed by atoms with E-state index in [1.807, 2.05) is 18.2 Å². The van der Waals surface area contributed by atoms with Gasteiger partial charge in [-0.25, -0.2) is 4.99 Å². The molecule has 0 spiro atoms. The minimum atomic E-state index is -0.140. The summed E-state index contributed by atoms with van der Waals surface area (Å²) in [5, 5.41) is 11.9. The molecule has 272 valence electrons. The quantitative estimate of drug-likeness (QED) is 0.183. The van der Waals surface area contributed by atoms with E-state index in [0.29, 0.717) is 0 Å². The SMILES string of the molecule is c1ccc(C2=NC(c3ccccc3)[NH2+]C(c3cccc4cc(-n5c6ccc(-n7c8ccccc8c8ccccc87)cc6c6cc7ccccc7cc65)ccc34)=N2)cc1. The van der Waals surface area contributed by atoms with Crippen molar-refractivity contribution in [2.24, 2.45) is 9.98 Å². The van der Waals surface area contributed by atoms with E-state index in [2.05, 4.69) is 196 Å². The van der Waals surface area contributed by atoms with Gasteiger partial charge >= 0.3 is 0 Å². The van der Waals surface area contributed by atoms with Crippen LogP contribution in [0.4, 0.5) is 0 Å². The van der Waals surface area contributed by atoms with Crippen LogP contribution in [0.5, 0.6) is 0 Å². The first kappa shape index (κ1) is 32.6. The summed E-state index contributed by atoms with van der Waals surface area (Å²) in [7, 11) is 0. The molecule has 0 radical (unpaired) electrons. The molecule has 5 heteroatoms. The van der Waals surface area contributed by atoms with Crippen LogP contribution in [0.15, 0.2) is 210 Å². The molecule has 9 aromatic carbocycles. The lowest BCUT2D eigenvalue weighted by atomic mass is 10.0. The van der Waals surface area contributed by atoms with E-state index < -0.39 is 0 Å². The molecule has 2 aromatic heterocycles. The summed E-state index contributed by atoms with van der Waals surface area (Å²) >= 11 is 0. The topological polar surface area (TPSA) is 51.2 Å². The number of benzene rings is 9. The zero-order valence-corrected chi connectivity index (χ0v) is 31.5. The molecule has 1 aliphatic rings. The average Bonchev–Trinajstić information content (AvgIpc) is 3.80. The number of nitrogens with zero attached hydrogens (tertiary/aromatic N) is 4. The highest BCUT2D eigenvalue weighted by atomic mass is 15.2. The fraction of sp³-hybridized carbons (Fsp3) is 0.0189. The number of fused-ring (bicyclic) bond motifs is 8. The Hall–Kier alpha value is -7.60. The van der Waals surface area contributed by atoms with E-state index in [9.17, 15) is 0 Å². The van der Waals surface area contributed by atoms with E-state index in [1.165, 1.54) is 54.4 Å². The Morgan fingerprint density at radius 1 is 0.397 bits per heavy atom. The van der Waals surface area contributed by atoms with Gasteiger partial charge in [-0.05, 0) is 82.2 Å². The van der Waals surface area contributed by atoms with Crippen LogP contribution in [0.25, 0.3) is 76.5 Å². The molecule has 1 atom stereocenters. The first-order valence-electron chi connectivity index (χ1n) is 19.9. The zero-order valence-electron chi connectivity index (χ0n) is 31.5. The third-order valence-corrected chi connectivity index (χ3v) is 11.8. The van der Waals surface area contributed by atoms with Crippen molar-refractivity contribution in [3.63, 3.8) is 0 Å². The summed E-state index contributed by atoms with van der Waals surface area (Å²) in [4.78, 5) is 10.3. The summed E-state index contributed by atoms with van der Waals surface area (Å²) in [6.45, 7) is 0. The predicted molar refractivity (Wildman–Crippen MR) is 241 cm³/mol. The number of hydrogen-bond donors (Lipinski definition) is 1. The number of para-hydroxylation sites is 2. The number of rotatable bonds is 5. The van der Waals surface area contributed by atoms with Crippen LogP contribution in [-0.4, -0.2) is 20.8 Å². The minimum absolute atomic E-state index is 0.140. The number of hydrogen-bond acceptors (Lipinski definition) is 2. The van der Waals surface area contributed by atoms with Gasteiger partial charge in [0, 0.05) is 44.0 Å². The van der Waals surface area contributed by atoms with Crippen LogP contribution in [0.1, 0.15) is 22.9 Å². The number of quaternary nitrogens is 1. The fourth-order valence-corrected chi connectivity index (χ4v) is 9.14. The summed E-state index contributed by atoms with van der Waals surface area (Å²) in [5.74, 6) is 1.68. The summed E-state index contributed by atoms with van der Waals surface area (Å²) in [6, 6.07) is 72.0. The maximum atomic E-state index is 5.20. The third-order valence-electron chi connectivity index (χ3n) is 11.8. The van der Waals surface area contributed by atoms with Crippen LogP contribution in [-0.2, 0) is 0 Å². The van der Waals surface area contributed by atoms with Gasteiger partial charge in [0.25, 0.3) is 0 Å². The van der Waals surface area contributed by atoms with Crippen molar-refractivity contribution in [1.82, 2.24) is 9.13 Å².